The van der Waals surface area contributed by atoms with Crippen molar-refractivity contribution in [3.8, 4) is 11.5 Å². The van der Waals surface area contributed by atoms with Crippen molar-refractivity contribution in [2.24, 2.45) is 0 Å². The van der Waals surface area contributed by atoms with Crippen LogP contribution < -0.4 is 5.32 Å². The molecule has 0 radical (unpaired) electrons. The molecule has 0 unspecified atom stereocenters. The highest BCUT2D eigenvalue weighted by Crippen LogP contribution is 2.26. The van der Waals surface area contributed by atoms with Gasteiger partial charge < -0.3 is 9.73 Å². The SMILES string of the molecule is O=C(NCc1ccnc(-c2ccco2)c1)c1cc2cc(F)ccc2s1. The summed E-state index contributed by atoms with van der Waals surface area (Å²) in [7, 11) is 0. The van der Waals surface area contributed by atoms with Gasteiger partial charge >= 0.3 is 0 Å². The number of carbonyl (C=O) groups is 1. The summed E-state index contributed by atoms with van der Waals surface area (Å²) < 4.78 is 19.5. The van der Waals surface area contributed by atoms with Crippen molar-refractivity contribution in [2.45, 2.75) is 6.54 Å². The van der Waals surface area contributed by atoms with Crippen molar-refractivity contribution in [1.82, 2.24) is 10.3 Å². The monoisotopic (exact) mass is 352 g/mol. The number of carbonyl (C=O) groups excluding carboxylic acids is 1. The third kappa shape index (κ3) is 3.29. The molecule has 0 aliphatic carbocycles. The summed E-state index contributed by atoms with van der Waals surface area (Å²) in [6.45, 7) is 0.373. The van der Waals surface area contributed by atoms with Crippen LogP contribution in [-0.2, 0) is 6.54 Å². The quantitative estimate of drug-likeness (QED) is 0.583. The van der Waals surface area contributed by atoms with Gasteiger partial charge in [-0.2, -0.15) is 0 Å². The Morgan fingerprint density at radius 1 is 1.20 bits per heavy atom. The number of hydrogen-bond donors (Lipinski definition) is 1. The standard InChI is InChI=1S/C19H13FN2O2S/c20-14-3-4-17-13(9-14)10-18(25-17)19(23)22-11-12-5-6-21-15(8-12)16-2-1-7-24-16/h1-10H,11H2,(H,22,23). The first-order valence-corrected chi connectivity index (χ1v) is 8.47. The van der Waals surface area contributed by atoms with Crippen LogP contribution in [0.15, 0.2) is 65.4 Å². The number of hydrogen-bond acceptors (Lipinski definition) is 4. The van der Waals surface area contributed by atoms with Crippen molar-refractivity contribution in [3.63, 3.8) is 0 Å². The third-order valence-electron chi connectivity index (χ3n) is 3.75. The molecule has 0 bridgehead atoms. The average Bonchev–Trinajstić information content (AvgIpc) is 3.29. The van der Waals surface area contributed by atoms with Crippen LogP contribution in [0.1, 0.15) is 15.2 Å². The number of fused-ring (bicyclic) bond motifs is 1. The largest absolute Gasteiger partial charge is 0.463 e. The molecule has 6 heteroatoms. The first-order valence-electron chi connectivity index (χ1n) is 7.65. The second kappa shape index (κ2) is 6.49. The average molecular weight is 352 g/mol. The molecular formula is C19H13FN2O2S. The molecule has 3 heterocycles. The predicted molar refractivity (Wildman–Crippen MR) is 94.9 cm³/mol. The minimum atomic E-state index is -0.306. The third-order valence-corrected chi connectivity index (χ3v) is 4.87. The van der Waals surface area contributed by atoms with Gasteiger partial charge in [-0.05, 0) is 59.5 Å². The maximum Gasteiger partial charge on any atom is 0.261 e. The number of halogens is 1. The summed E-state index contributed by atoms with van der Waals surface area (Å²) in [4.78, 5) is 17.2. The molecule has 0 atom stereocenters. The van der Waals surface area contributed by atoms with Crippen LogP contribution >= 0.6 is 11.3 Å². The van der Waals surface area contributed by atoms with Crippen molar-refractivity contribution in [2.75, 3.05) is 0 Å². The Bertz CT molecular complexity index is 1040. The van der Waals surface area contributed by atoms with Gasteiger partial charge in [0.25, 0.3) is 5.91 Å². The van der Waals surface area contributed by atoms with Crippen molar-refractivity contribution in [3.05, 3.63) is 77.2 Å². The summed E-state index contributed by atoms with van der Waals surface area (Å²) in [6, 6.07) is 13.6. The van der Waals surface area contributed by atoms with E-state index in [9.17, 15) is 9.18 Å². The van der Waals surface area contributed by atoms with E-state index in [2.05, 4.69) is 10.3 Å². The van der Waals surface area contributed by atoms with Crippen molar-refractivity contribution in [1.29, 1.82) is 0 Å². The first kappa shape index (κ1) is 15.5. The van der Waals surface area contributed by atoms with Gasteiger partial charge in [-0.1, -0.05) is 0 Å². The van der Waals surface area contributed by atoms with Gasteiger partial charge in [-0.3, -0.25) is 9.78 Å². The van der Waals surface area contributed by atoms with E-state index in [4.69, 9.17) is 4.42 Å². The molecule has 124 valence electrons. The number of nitrogens with one attached hydrogen (secondary N) is 1. The highest BCUT2D eigenvalue weighted by molar-refractivity contribution is 7.20. The highest BCUT2D eigenvalue weighted by atomic mass is 32.1. The molecular weight excluding hydrogens is 339 g/mol. The van der Waals surface area contributed by atoms with E-state index < -0.39 is 0 Å². The minimum absolute atomic E-state index is 0.182. The van der Waals surface area contributed by atoms with Gasteiger partial charge in [0.15, 0.2) is 5.76 Å². The molecule has 3 aromatic heterocycles. The zero-order valence-electron chi connectivity index (χ0n) is 13.0. The fraction of sp³-hybridized carbons (Fsp3) is 0.0526. The van der Waals surface area contributed by atoms with E-state index in [1.807, 2.05) is 18.2 Å². The fourth-order valence-electron chi connectivity index (χ4n) is 2.54. The molecule has 4 rings (SSSR count). The van der Waals surface area contributed by atoms with E-state index in [1.54, 1.807) is 30.7 Å². The van der Waals surface area contributed by atoms with Crippen LogP contribution in [0.5, 0.6) is 0 Å². The van der Waals surface area contributed by atoms with E-state index in [0.717, 1.165) is 15.6 Å². The maximum atomic E-state index is 13.3. The van der Waals surface area contributed by atoms with Crippen LogP contribution in [0, 0.1) is 5.82 Å². The lowest BCUT2D eigenvalue weighted by atomic mass is 10.2. The van der Waals surface area contributed by atoms with E-state index in [-0.39, 0.29) is 11.7 Å². The van der Waals surface area contributed by atoms with E-state index >= 15 is 0 Å². The van der Waals surface area contributed by atoms with Gasteiger partial charge in [0.05, 0.1) is 11.1 Å². The summed E-state index contributed by atoms with van der Waals surface area (Å²) >= 11 is 1.34. The first-order chi connectivity index (χ1) is 12.2. The van der Waals surface area contributed by atoms with Crippen LogP contribution in [0.2, 0.25) is 0 Å². The molecule has 4 nitrogen and oxygen atoms in total. The smallest absolute Gasteiger partial charge is 0.261 e. The normalized spacial score (nSPS) is 10.9. The molecule has 4 aromatic rings. The van der Waals surface area contributed by atoms with E-state index in [1.165, 1.54) is 23.5 Å². The Hall–Kier alpha value is -2.99. The summed E-state index contributed by atoms with van der Waals surface area (Å²) in [6.07, 6.45) is 3.28. The van der Waals surface area contributed by atoms with Crippen LogP contribution in [0.4, 0.5) is 4.39 Å². The van der Waals surface area contributed by atoms with Gasteiger partial charge in [0.2, 0.25) is 0 Å². The van der Waals surface area contributed by atoms with Crippen LogP contribution in [0.3, 0.4) is 0 Å². The Morgan fingerprint density at radius 3 is 2.96 bits per heavy atom. The van der Waals surface area contributed by atoms with E-state index in [0.29, 0.717) is 22.9 Å². The molecule has 1 aromatic carbocycles. The van der Waals surface area contributed by atoms with Gasteiger partial charge in [0.1, 0.15) is 11.5 Å². The summed E-state index contributed by atoms with van der Waals surface area (Å²) in [5, 5.41) is 3.62. The topological polar surface area (TPSA) is 55.1 Å². The molecule has 0 saturated carbocycles. The maximum absolute atomic E-state index is 13.3. The zero-order valence-corrected chi connectivity index (χ0v) is 13.8. The van der Waals surface area contributed by atoms with Crippen molar-refractivity contribution < 1.29 is 13.6 Å². The van der Waals surface area contributed by atoms with Gasteiger partial charge in [-0.25, -0.2) is 4.39 Å². The fourth-order valence-corrected chi connectivity index (χ4v) is 3.50. The number of pyridine rings is 1. The number of aromatic nitrogens is 1. The lowest BCUT2D eigenvalue weighted by molar-refractivity contribution is 0.0955. The molecule has 0 aliphatic rings. The number of thiophene rings is 1. The Kier molecular flexibility index (Phi) is 4.03. The molecule has 1 amide bonds. The Morgan fingerprint density at radius 2 is 2.12 bits per heavy atom. The number of nitrogens with zero attached hydrogens (tertiary/aromatic N) is 1. The number of amides is 1. The number of benzene rings is 1. The van der Waals surface area contributed by atoms with Crippen LogP contribution in [-0.4, -0.2) is 10.9 Å². The summed E-state index contributed by atoms with van der Waals surface area (Å²) in [5.74, 6) is 0.192. The molecule has 0 spiro atoms. The van der Waals surface area contributed by atoms with Gasteiger partial charge in [-0.15, -0.1) is 11.3 Å². The Labute approximate surface area is 146 Å². The van der Waals surface area contributed by atoms with Crippen LogP contribution in [0.25, 0.3) is 21.5 Å². The van der Waals surface area contributed by atoms with Gasteiger partial charge in [0, 0.05) is 17.4 Å². The molecule has 0 fully saturated rings. The molecule has 0 saturated heterocycles. The highest BCUT2D eigenvalue weighted by Gasteiger charge is 2.11. The predicted octanol–water partition coefficient (Wildman–Crippen LogP) is 4.63. The Balaban J connectivity index is 1.48. The number of furan rings is 1. The number of rotatable bonds is 4. The minimum Gasteiger partial charge on any atom is -0.463 e. The molecule has 1 N–H and O–H groups in total. The second-order valence-electron chi connectivity index (χ2n) is 5.50. The zero-order chi connectivity index (χ0) is 17.2. The van der Waals surface area contributed by atoms with Crippen molar-refractivity contribution >= 4 is 27.3 Å². The molecule has 25 heavy (non-hydrogen) atoms. The summed E-state index contributed by atoms with van der Waals surface area (Å²) in [5.41, 5.74) is 1.64. The lowest BCUT2D eigenvalue weighted by Crippen LogP contribution is -2.21. The lowest BCUT2D eigenvalue weighted by Gasteiger charge is -2.05. The molecule has 0 aliphatic heterocycles. The second-order valence-corrected chi connectivity index (χ2v) is 6.59.